The number of fused-ring (bicyclic) bond motifs is 1. The van der Waals surface area contributed by atoms with Crippen LogP contribution in [-0.4, -0.2) is 44.8 Å². The Morgan fingerprint density at radius 2 is 2.19 bits per heavy atom. The molecule has 2 aliphatic rings. The van der Waals surface area contributed by atoms with E-state index in [1.165, 1.54) is 0 Å². The van der Waals surface area contributed by atoms with Crippen molar-refractivity contribution in [2.24, 2.45) is 22.0 Å². The number of carbonyl (C=O) groups excluding carboxylic acids is 1. The molecular formula is C19H27N3O4S. The summed E-state index contributed by atoms with van der Waals surface area (Å²) >= 11 is 0. The van der Waals surface area contributed by atoms with Gasteiger partial charge in [0.05, 0.1) is 17.9 Å². The molecule has 2 heterocycles. The molecule has 2 N–H and O–H groups in total. The lowest BCUT2D eigenvalue weighted by Gasteiger charge is -2.33. The standard InChI is InChI=1S/C19H27N3O4S/c1-13(2)9-17(23)22-8-4-5-14(10-22)11-26-16-7-3-6-15-12-27(24,25)21-19(20)18(15)16/h3,6-7,13-14H,4-5,8-12H2,1-2H3,(H2,20,21)/t14-/m1/s1. The largest absolute Gasteiger partial charge is 0.492 e. The Bertz CT molecular complexity index is 849. The van der Waals surface area contributed by atoms with E-state index < -0.39 is 10.0 Å². The molecule has 0 saturated carbocycles. The summed E-state index contributed by atoms with van der Waals surface area (Å²) in [6, 6.07) is 5.28. The molecular weight excluding hydrogens is 366 g/mol. The van der Waals surface area contributed by atoms with Crippen LogP contribution in [0.1, 0.15) is 44.2 Å². The van der Waals surface area contributed by atoms with Crippen LogP contribution in [-0.2, 0) is 20.6 Å². The van der Waals surface area contributed by atoms with E-state index in [1.54, 1.807) is 18.2 Å². The quantitative estimate of drug-likeness (QED) is 0.823. The van der Waals surface area contributed by atoms with Crippen molar-refractivity contribution >= 4 is 21.8 Å². The van der Waals surface area contributed by atoms with Gasteiger partial charge in [0.15, 0.2) is 0 Å². The number of nitrogens with two attached hydrogens (primary N) is 1. The Morgan fingerprint density at radius 1 is 1.41 bits per heavy atom. The van der Waals surface area contributed by atoms with E-state index in [0.29, 0.717) is 42.4 Å². The summed E-state index contributed by atoms with van der Waals surface area (Å²) in [5.74, 6) is 1.16. The first kappa shape index (κ1) is 19.7. The van der Waals surface area contributed by atoms with E-state index in [2.05, 4.69) is 4.40 Å². The normalized spacial score (nSPS) is 21.5. The highest BCUT2D eigenvalue weighted by atomic mass is 32.2. The second-order valence-corrected chi connectivity index (χ2v) is 9.39. The van der Waals surface area contributed by atoms with Crippen LogP contribution in [0.4, 0.5) is 0 Å². The molecule has 1 aromatic rings. The number of sulfonamides is 1. The maximum Gasteiger partial charge on any atom is 0.259 e. The van der Waals surface area contributed by atoms with E-state index in [1.807, 2.05) is 18.7 Å². The molecule has 3 rings (SSSR count). The molecule has 0 bridgehead atoms. The van der Waals surface area contributed by atoms with Crippen molar-refractivity contribution < 1.29 is 17.9 Å². The van der Waals surface area contributed by atoms with Crippen molar-refractivity contribution in [1.82, 2.24) is 4.90 Å². The van der Waals surface area contributed by atoms with Gasteiger partial charge in [-0.05, 0) is 30.4 Å². The number of nitrogens with zero attached hydrogens (tertiary/aromatic N) is 2. The van der Waals surface area contributed by atoms with Gasteiger partial charge in [0.2, 0.25) is 5.91 Å². The van der Waals surface area contributed by atoms with Crippen LogP contribution in [0.3, 0.4) is 0 Å². The van der Waals surface area contributed by atoms with Crippen molar-refractivity contribution in [1.29, 1.82) is 0 Å². The maximum absolute atomic E-state index is 12.3. The average Bonchev–Trinajstić information content (AvgIpc) is 2.58. The minimum absolute atomic E-state index is 0.0239. The van der Waals surface area contributed by atoms with Crippen molar-refractivity contribution in [3.8, 4) is 5.75 Å². The van der Waals surface area contributed by atoms with Crippen LogP contribution in [0.5, 0.6) is 5.75 Å². The molecule has 8 heteroatoms. The van der Waals surface area contributed by atoms with Gasteiger partial charge in [0, 0.05) is 25.4 Å². The number of rotatable bonds is 5. The third-order valence-electron chi connectivity index (χ3n) is 4.87. The smallest absolute Gasteiger partial charge is 0.259 e. The minimum Gasteiger partial charge on any atom is -0.492 e. The van der Waals surface area contributed by atoms with Gasteiger partial charge in [-0.2, -0.15) is 0 Å². The lowest BCUT2D eigenvalue weighted by molar-refractivity contribution is -0.134. The lowest BCUT2D eigenvalue weighted by Crippen LogP contribution is -2.42. The summed E-state index contributed by atoms with van der Waals surface area (Å²) in [5.41, 5.74) is 7.05. The predicted octanol–water partition coefficient (Wildman–Crippen LogP) is 1.90. The third-order valence-corrected chi connectivity index (χ3v) is 6.02. The number of likely N-dealkylation sites (tertiary alicyclic amines) is 1. The Kier molecular flexibility index (Phi) is 5.74. The zero-order chi connectivity index (χ0) is 19.6. The van der Waals surface area contributed by atoms with E-state index >= 15 is 0 Å². The summed E-state index contributed by atoms with van der Waals surface area (Å²) < 4.78 is 33.1. The molecule has 1 atom stereocenters. The van der Waals surface area contributed by atoms with E-state index in [4.69, 9.17) is 10.5 Å². The van der Waals surface area contributed by atoms with Crippen molar-refractivity contribution in [3.05, 3.63) is 29.3 Å². The molecule has 2 aliphatic heterocycles. The number of piperidine rings is 1. The molecule has 27 heavy (non-hydrogen) atoms. The highest BCUT2D eigenvalue weighted by molar-refractivity contribution is 7.89. The summed E-state index contributed by atoms with van der Waals surface area (Å²) in [6.45, 7) is 6.06. The Labute approximate surface area is 160 Å². The Hall–Kier alpha value is -2.09. The third kappa shape index (κ3) is 4.80. The monoisotopic (exact) mass is 393 g/mol. The highest BCUT2D eigenvalue weighted by Crippen LogP contribution is 2.29. The summed E-state index contributed by atoms with van der Waals surface area (Å²) in [6.07, 6.45) is 2.53. The van der Waals surface area contributed by atoms with Gasteiger partial charge in [0.25, 0.3) is 10.0 Å². The molecule has 0 aromatic heterocycles. The zero-order valence-corrected chi connectivity index (χ0v) is 16.7. The number of amidine groups is 1. The molecule has 0 unspecified atom stereocenters. The van der Waals surface area contributed by atoms with Crippen molar-refractivity contribution in [2.45, 2.75) is 38.9 Å². The average molecular weight is 394 g/mol. The van der Waals surface area contributed by atoms with Gasteiger partial charge in [-0.3, -0.25) is 4.79 Å². The number of amides is 1. The molecule has 148 valence electrons. The van der Waals surface area contributed by atoms with E-state index in [-0.39, 0.29) is 23.4 Å². The molecule has 0 radical (unpaired) electrons. The minimum atomic E-state index is -3.56. The molecule has 1 amide bonds. The number of carbonyl (C=O) groups is 1. The van der Waals surface area contributed by atoms with Gasteiger partial charge >= 0.3 is 0 Å². The zero-order valence-electron chi connectivity index (χ0n) is 15.8. The van der Waals surface area contributed by atoms with Crippen molar-refractivity contribution in [2.75, 3.05) is 19.7 Å². The number of benzene rings is 1. The van der Waals surface area contributed by atoms with E-state index in [9.17, 15) is 13.2 Å². The molecule has 0 aliphatic carbocycles. The number of hydrogen-bond donors (Lipinski definition) is 1. The topological polar surface area (TPSA) is 102 Å². The second-order valence-electron chi connectivity index (χ2n) is 7.75. The van der Waals surface area contributed by atoms with Crippen LogP contribution in [0, 0.1) is 11.8 Å². The molecule has 1 aromatic carbocycles. The number of ether oxygens (including phenoxy) is 1. The van der Waals surface area contributed by atoms with Crippen LogP contribution >= 0.6 is 0 Å². The number of hydrogen-bond acceptors (Lipinski definition) is 5. The molecule has 7 nitrogen and oxygen atoms in total. The van der Waals surface area contributed by atoms with Gasteiger partial charge in [-0.1, -0.05) is 26.0 Å². The van der Waals surface area contributed by atoms with Crippen LogP contribution < -0.4 is 10.5 Å². The summed E-state index contributed by atoms with van der Waals surface area (Å²) in [5, 5.41) is 0. The van der Waals surface area contributed by atoms with Crippen LogP contribution in [0.25, 0.3) is 0 Å². The lowest BCUT2D eigenvalue weighted by atomic mass is 9.97. The molecule has 1 fully saturated rings. The van der Waals surface area contributed by atoms with E-state index in [0.717, 1.165) is 19.4 Å². The Balaban J connectivity index is 1.67. The van der Waals surface area contributed by atoms with Gasteiger partial charge in [-0.25, -0.2) is 8.42 Å². The van der Waals surface area contributed by atoms with Crippen molar-refractivity contribution in [3.63, 3.8) is 0 Å². The second kappa shape index (κ2) is 7.88. The molecule has 0 spiro atoms. The van der Waals surface area contributed by atoms with Gasteiger partial charge < -0.3 is 15.4 Å². The summed E-state index contributed by atoms with van der Waals surface area (Å²) in [7, 11) is -3.56. The SMILES string of the molecule is CC(C)CC(=O)N1CCC[C@@H](COc2cccc3c2C(N)=NS(=O)(=O)C3)C1. The van der Waals surface area contributed by atoms with Crippen LogP contribution in [0.15, 0.2) is 22.6 Å². The highest BCUT2D eigenvalue weighted by Gasteiger charge is 2.27. The fourth-order valence-electron chi connectivity index (χ4n) is 3.65. The predicted molar refractivity (Wildman–Crippen MR) is 104 cm³/mol. The first-order valence-electron chi connectivity index (χ1n) is 9.36. The van der Waals surface area contributed by atoms with Crippen LogP contribution in [0.2, 0.25) is 0 Å². The summed E-state index contributed by atoms with van der Waals surface area (Å²) in [4.78, 5) is 14.3. The molecule has 1 saturated heterocycles. The van der Waals surface area contributed by atoms with Gasteiger partial charge in [0.1, 0.15) is 11.6 Å². The fourth-order valence-corrected chi connectivity index (χ4v) is 4.73. The fraction of sp³-hybridized carbons (Fsp3) is 0.579. The first-order chi connectivity index (χ1) is 12.7. The maximum atomic E-state index is 12.3. The Morgan fingerprint density at radius 3 is 2.93 bits per heavy atom. The first-order valence-corrected chi connectivity index (χ1v) is 11.0. The van der Waals surface area contributed by atoms with Gasteiger partial charge in [-0.15, -0.1) is 4.40 Å².